The Kier molecular flexibility index (Phi) is 13.8. The van der Waals surface area contributed by atoms with Crippen molar-refractivity contribution in [2.75, 3.05) is 6.61 Å². The van der Waals surface area contributed by atoms with Crippen molar-refractivity contribution in [3.8, 4) is 0 Å². The van der Waals surface area contributed by atoms with Crippen LogP contribution < -0.4 is 0 Å². The Morgan fingerprint density at radius 3 is 1.45 bits per heavy atom. The number of unbranched alkanes of at least 4 members (excludes halogenated alkanes) is 2. The molecule has 0 rings (SSSR count). The molecule has 122 valence electrons. The predicted octanol–water partition coefficient (Wildman–Crippen LogP) is 5.28. The minimum Gasteiger partial charge on any atom is -0.330 e. The molecule has 0 aliphatic carbocycles. The second-order valence-electron chi connectivity index (χ2n) is 5.36. The first kappa shape index (κ1) is 19.9. The molecular formula is C17H36O3. The van der Waals surface area contributed by atoms with Crippen molar-refractivity contribution in [2.24, 2.45) is 0 Å². The highest BCUT2D eigenvalue weighted by Gasteiger charge is 2.19. The Morgan fingerprint density at radius 2 is 1.15 bits per heavy atom. The molecule has 0 aromatic rings. The molecule has 0 fully saturated rings. The summed E-state index contributed by atoms with van der Waals surface area (Å²) in [6, 6.07) is 0. The number of ether oxygens (including phenoxy) is 3. The Morgan fingerprint density at radius 1 is 0.700 bits per heavy atom. The number of hydrogen-bond donors (Lipinski definition) is 0. The largest absolute Gasteiger partial charge is 0.330 e. The molecule has 0 amide bonds. The van der Waals surface area contributed by atoms with Gasteiger partial charge in [0.2, 0.25) is 0 Å². The topological polar surface area (TPSA) is 27.7 Å². The maximum Gasteiger partial charge on any atom is 0.272 e. The Bertz CT molecular complexity index is 179. The molecule has 0 N–H and O–H groups in total. The molecule has 3 nitrogen and oxygen atoms in total. The van der Waals surface area contributed by atoms with E-state index in [-0.39, 0.29) is 12.2 Å². The molecule has 0 aromatic carbocycles. The molecule has 0 spiro atoms. The monoisotopic (exact) mass is 288 g/mol. The molecule has 2 unspecified atom stereocenters. The van der Waals surface area contributed by atoms with Gasteiger partial charge in [0.1, 0.15) is 0 Å². The van der Waals surface area contributed by atoms with E-state index in [1.54, 1.807) is 0 Å². The Labute approximate surface area is 126 Å². The molecule has 0 aromatic heterocycles. The SMILES string of the molecule is CCCCC(CC)OC(OCC)OC(CC)CCCC. The second-order valence-corrected chi connectivity index (χ2v) is 5.36. The van der Waals surface area contributed by atoms with Gasteiger partial charge >= 0.3 is 0 Å². The first-order valence-electron chi connectivity index (χ1n) is 8.64. The lowest BCUT2D eigenvalue weighted by atomic mass is 10.1. The van der Waals surface area contributed by atoms with Crippen molar-refractivity contribution in [1.29, 1.82) is 0 Å². The van der Waals surface area contributed by atoms with E-state index >= 15 is 0 Å². The summed E-state index contributed by atoms with van der Waals surface area (Å²) in [4.78, 5) is 0. The molecule has 0 saturated carbocycles. The third kappa shape index (κ3) is 9.73. The molecule has 0 aliphatic rings. The van der Waals surface area contributed by atoms with Gasteiger partial charge in [0.05, 0.1) is 12.2 Å². The normalized spacial score (nSPS) is 16.1. The van der Waals surface area contributed by atoms with Crippen LogP contribution >= 0.6 is 0 Å². The van der Waals surface area contributed by atoms with Crippen molar-refractivity contribution in [3.05, 3.63) is 0 Å². The minimum atomic E-state index is -0.497. The average molecular weight is 288 g/mol. The van der Waals surface area contributed by atoms with Crippen molar-refractivity contribution in [2.45, 2.75) is 105 Å². The lowest BCUT2D eigenvalue weighted by molar-refractivity contribution is -0.319. The van der Waals surface area contributed by atoms with E-state index in [1.807, 2.05) is 6.92 Å². The van der Waals surface area contributed by atoms with E-state index in [0.29, 0.717) is 6.61 Å². The van der Waals surface area contributed by atoms with Crippen LogP contribution in [0.2, 0.25) is 0 Å². The first-order valence-corrected chi connectivity index (χ1v) is 8.64. The van der Waals surface area contributed by atoms with Gasteiger partial charge in [-0.3, -0.25) is 0 Å². The van der Waals surface area contributed by atoms with Gasteiger partial charge in [0.15, 0.2) is 0 Å². The van der Waals surface area contributed by atoms with Crippen LogP contribution in [0.5, 0.6) is 0 Å². The maximum atomic E-state index is 6.01. The van der Waals surface area contributed by atoms with Gasteiger partial charge in [-0.2, -0.15) is 0 Å². The molecule has 0 radical (unpaired) electrons. The summed E-state index contributed by atoms with van der Waals surface area (Å²) in [6.07, 6.45) is 9.50. The summed E-state index contributed by atoms with van der Waals surface area (Å²) >= 11 is 0. The van der Waals surface area contributed by atoms with E-state index in [1.165, 1.54) is 25.7 Å². The van der Waals surface area contributed by atoms with Crippen LogP contribution in [0.1, 0.15) is 86.0 Å². The zero-order valence-corrected chi connectivity index (χ0v) is 14.3. The average Bonchev–Trinajstić information content (AvgIpc) is 2.47. The highest BCUT2D eigenvalue weighted by atomic mass is 16.8. The summed E-state index contributed by atoms with van der Waals surface area (Å²) < 4.78 is 17.6. The predicted molar refractivity (Wildman–Crippen MR) is 84.8 cm³/mol. The van der Waals surface area contributed by atoms with Crippen LogP contribution in [-0.2, 0) is 14.2 Å². The fourth-order valence-electron chi connectivity index (χ4n) is 2.16. The molecule has 0 saturated heterocycles. The van der Waals surface area contributed by atoms with Crippen LogP contribution in [-0.4, -0.2) is 25.3 Å². The van der Waals surface area contributed by atoms with E-state index in [9.17, 15) is 0 Å². The van der Waals surface area contributed by atoms with Crippen molar-refractivity contribution >= 4 is 0 Å². The van der Waals surface area contributed by atoms with Gasteiger partial charge in [0.25, 0.3) is 6.48 Å². The van der Waals surface area contributed by atoms with Gasteiger partial charge in [-0.05, 0) is 32.6 Å². The zero-order chi connectivity index (χ0) is 15.2. The summed E-state index contributed by atoms with van der Waals surface area (Å²) in [5.74, 6) is 0. The van der Waals surface area contributed by atoms with Gasteiger partial charge in [0, 0.05) is 6.61 Å². The minimum absolute atomic E-state index is 0.246. The van der Waals surface area contributed by atoms with Crippen molar-refractivity contribution in [3.63, 3.8) is 0 Å². The summed E-state index contributed by atoms with van der Waals surface area (Å²) in [7, 11) is 0. The van der Waals surface area contributed by atoms with Crippen LogP contribution in [0, 0.1) is 0 Å². The maximum absolute atomic E-state index is 6.01. The zero-order valence-electron chi connectivity index (χ0n) is 14.3. The fourth-order valence-corrected chi connectivity index (χ4v) is 2.16. The third-order valence-corrected chi connectivity index (χ3v) is 3.58. The molecule has 3 heteroatoms. The second kappa shape index (κ2) is 13.8. The molecule has 2 atom stereocenters. The first-order chi connectivity index (χ1) is 9.71. The summed E-state index contributed by atoms with van der Waals surface area (Å²) in [5, 5.41) is 0. The molecule has 0 aliphatic heterocycles. The van der Waals surface area contributed by atoms with Crippen molar-refractivity contribution < 1.29 is 14.2 Å². The number of hydrogen-bond acceptors (Lipinski definition) is 3. The van der Waals surface area contributed by atoms with Gasteiger partial charge < -0.3 is 14.2 Å². The molecular weight excluding hydrogens is 252 g/mol. The van der Waals surface area contributed by atoms with Crippen LogP contribution in [0.3, 0.4) is 0 Å². The summed E-state index contributed by atoms with van der Waals surface area (Å²) in [5.41, 5.74) is 0. The van der Waals surface area contributed by atoms with Crippen LogP contribution in [0.25, 0.3) is 0 Å². The Hall–Kier alpha value is -0.120. The smallest absolute Gasteiger partial charge is 0.272 e. The summed E-state index contributed by atoms with van der Waals surface area (Å²) in [6.45, 7) is 10.9. The standard InChI is InChI=1S/C17H36O3/c1-6-11-13-15(8-3)19-17(18-10-5)20-16(9-4)14-12-7-2/h15-17H,6-14H2,1-5H3. The highest BCUT2D eigenvalue weighted by molar-refractivity contribution is 4.58. The number of rotatable bonds is 14. The van der Waals surface area contributed by atoms with Gasteiger partial charge in [-0.25, -0.2) is 0 Å². The third-order valence-electron chi connectivity index (χ3n) is 3.58. The van der Waals surface area contributed by atoms with Crippen molar-refractivity contribution in [1.82, 2.24) is 0 Å². The lowest BCUT2D eigenvalue weighted by Crippen LogP contribution is -2.31. The lowest BCUT2D eigenvalue weighted by Gasteiger charge is -2.27. The van der Waals surface area contributed by atoms with Crippen LogP contribution in [0.15, 0.2) is 0 Å². The Balaban J connectivity index is 4.29. The molecule has 20 heavy (non-hydrogen) atoms. The molecule has 0 heterocycles. The van der Waals surface area contributed by atoms with E-state index in [4.69, 9.17) is 14.2 Å². The van der Waals surface area contributed by atoms with E-state index in [2.05, 4.69) is 27.7 Å². The molecule has 0 bridgehead atoms. The van der Waals surface area contributed by atoms with Crippen LogP contribution in [0.4, 0.5) is 0 Å². The van der Waals surface area contributed by atoms with Gasteiger partial charge in [-0.15, -0.1) is 0 Å². The van der Waals surface area contributed by atoms with Gasteiger partial charge in [-0.1, -0.05) is 53.4 Å². The highest BCUT2D eigenvalue weighted by Crippen LogP contribution is 2.17. The van der Waals surface area contributed by atoms with E-state index < -0.39 is 6.48 Å². The fraction of sp³-hybridized carbons (Fsp3) is 1.00. The quantitative estimate of drug-likeness (QED) is 0.407. The van der Waals surface area contributed by atoms with E-state index in [0.717, 1.165) is 25.7 Å².